The zero-order valence-electron chi connectivity index (χ0n) is 64.2. The topological polar surface area (TPSA) is 87.2 Å². The van der Waals surface area contributed by atoms with Gasteiger partial charge in [0, 0.05) is 147 Å². The van der Waals surface area contributed by atoms with Crippen LogP contribution in [0.3, 0.4) is 0 Å². The number of rotatable bonds is 11. The van der Waals surface area contributed by atoms with E-state index in [9.17, 15) is 0 Å². The molecule has 8 aromatic heterocycles. The van der Waals surface area contributed by atoms with Gasteiger partial charge in [-0.2, -0.15) is 0 Å². The van der Waals surface area contributed by atoms with Crippen molar-refractivity contribution in [3.63, 3.8) is 0 Å². The normalized spacial score (nSPS) is 11.8. The van der Waals surface area contributed by atoms with Crippen LogP contribution >= 0.6 is 45.3 Å². The van der Waals surface area contributed by atoms with Crippen LogP contribution in [-0.2, 0) is 0 Å². The van der Waals surface area contributed by atoms with Crippen LogP contribution in [0.4, 0.5) is 0 Å². The van der Waals surface area contributed by atoms with Gasteiger partial charge in [0.2, 0.25) is 0 Å². The number of hydrogen-bond acceptors (Lipinski definition) is 10. The average Bonchev–Trinajstić information content (AvgIpc) is 1.56. The van der Waals surface area contributed by atoms with Gasteiger partial charge in [0.05, 0.1) is 22.1 Å². The first-order valence-electron chi connectivity index (χ1n) is 40.1. The maximum Gasteiger partial charge on any atom is 0.165 e. The summed E-state index contributed by atoms with van der Waals surface area (Å²) < 4.78 is 15.0. The number of nitrogens with zero attached hydrogens (tertiary/aromatic N) is 8. The lowest BCUT2D eigenvalue weighted by molar-refractivity contribution is 1.08. The van der Waals surface area contributed by atoms with Gasteiger partial charge in [0.15, 0.2) is 34.9 Å². The molecular formula is C108H64N8S4. The first-order chi connectivity index (χ1) is 59.5. The predicted octanol–water partition coefficient (Wildman–Crippen LogP) is 30.4. The molecular weight excluding hydrogens is 1540 g/mol. The highest BCUT2D eigenvalue weighted by Crippen LogP contribution is 2.50. The van der Waals surface area contributed by atoms with Gasteiger partial charge in [0.25, 0.3) is 0 Å². The lowest BCUT2D eigenvalue weighted by atomic mass is 9.95. The molecule has 0 N–H and O–H groups in total. The van der Waals surface area contributed by atoms with Crippen molar-refractivity contribution in [1.29, 1.82) is 0 Å². The van der Waals surface area contributed by atoms with E-state index < -0.39 is 0 Å². The molecule has 17 aromatic carbocycles. The Hall–Kier alpha value is -14.8. The van der Waals surface area contributed by atoms with Crippen molar-refractivity contribution >= 4 is 170 Å². The highest BCUT2D eigenvalue weighted by atomic mass is 32.1. The molecule has 0 saturated heterocycles. The lowest BCUT2D eigenvalue weighted by Gasteiger charge is -2.13. The molecule has 0 unspecified atom stereocenters. The van der Waals surface area contributed by atoms with Crippen LogP contribution in [0, 0.1) is 0 Å². The molecule has 0 aliphatic heterocycles. The van der Waals surface area contributed by atoms with Crippen molar-refractivity contribution in [2.45, 2.75) is 0 Å². The molecule has 0 aliphatic carbocycles. The summed E-state index contributed by atoms with van der Waals surface area (Å²) in [6.45, 7) is 0. The van der Waals surface area contributed by atoms with E-state index in [1.807, 2.05) is 95.5 Å². The van der Waals surface area contributed by atoms with E-state index in [1.54, 1.807) is 22.7 Å². The Labute approximate surface area is 704 Å². The maximum atomic E-state index is 5.21. The zero-order chi connectivity index (χ0) is 78.9. The molecule has 8 nitrogen and oxygen atoms in total. The summed E-state index contributed by atoms with van der Waals surface area (Å²) >= 11 is 7.36. The second kappa shape index (κ2) is 28.6. The Kier molecular flexibility index (Phi) is 16.5. The number of benzene rings is 17. The number of fused-ring (bicyclic) bond motifs is 20. The molecule has 0 radical (unpaired) electrons. The molecule has 560 valence electrons. The highest BCUT2D eigenvalue weighted by Gasteiger charge is 2.25. The highest BCUT2D eigenvalue weighted by molar-refractivity contribution is 7.28. The van der Waals surface area contributed by atoms with Crippen LogP contribution in [0.25, 0.3) is 237 Å². The summed E-state index contributed by atoms with van der Waals surface area (Å²) in [6, 6.07) is 139. The Morgan fingerprint density at radius 2 is 0.483 bits per heavy atom. The number of aromatic nitrogens is 8. The second-order valence-electron chi connectivity index (χ2n) is 30.3. The van der Waals surface area contributed by atoms with Gasteiger partial charge in [-0.15, -0.1) is 45.3 Å². The lowest BCUT2D eigenvalue weighted by Crippen LogP contribution is -2.00. The van der Waals surface area contributed by atoms with E-state index in [4.69, 9.17) is 29.9 Å². The van der Waals surface area contributed by atoms with Crippen molar-refractivity contribution in [3.05, 3.63) is 388 Å². The van der Waals surface area contributed by atoms with Gasteiger partial charge in [-0.3, -0.25) is 0 Å². The van der Waals surface area contributed by atoms with Crippen LogP contribution in [0.1, 0.15) is 0 Å². The van der Waals surface area contributed by atoms with E-state index in [0.29, 0.717) is 34.9 Å². The van der Waals surface area contributed by atoms with Crippen LogP contribution in [0.5, 0.6) is 0 Å². The van der Waals surface area contributed by atoms with Crippen LogP contribution in [0.15, 0.2) is 388 Å². The minimum Gasteiger partial charge on any atom is -0.309 e. The third-order valence-electron chi connectivity index (χ3n) is 23.3. The van der Waals surface area contributed by atoms with Crippen LogP contribution in [-0.4, -0.2) is 39.0 Å². The molecule has 25 rings (SSSR count). The second-order valence-corrected chi connectivity index (χ2v) is 34.5. The van der Waals surface area contributed by atoms with Gasteiger partial charge in [0.1, 0.15) is 0 Å². The molecule has 25 aromatic rings. The van der Waals surface area contributed by atoms with Crippen molar-refractivity contribution in [3.8, 4) is 113 Å². The maximum absolute atomic E-state index is 5.21. The van der Waals surface area contributed by atoms with Crippen LogP contribution in [0.2, 0.25) is 0 Å². The van der Waals surface area contributed by atoms with Gasteiger partial charge >= 0.3 is 0 Å². The van der Waals surface area contributed by atoms with Crippen molar-refractivity contribution < 1.29 is 0 Å². The molecule has 0 spiro atoms. The van der Waals surface area contributed by atoms with Crippen LogP contribution < -0.4 is 0 Å². The van der Waals surface area contributed by atoms with Gasteiger partial charge in [-0.25, -0.2) is 29.9 Å². The van der Waals surface area contributed by atoms with E-state index in [1.165, 1.54) is 115 Å². The Morgan fingerprint density at radius 3 is 0.942 bits per heavy atom. The number of para-hydroxylation sites is 2. The van der Waals surface area contributed by atoms with Gasteiger partial charge in [-0.05, 0) is 137 Å². The first kappa shape index (κ1) is 69.5. The van der Waals surface area contributed by atoms with Crippen molar-refractivity contribution in [2.24, 2.45) is 0 Å². The summed E-state index contributed by atoms with van der Waals surface area (Å²) in [5.41, 5.74) is 19.7. The minimum absolute atomic E-state index is 0.650. The molecule has 12 heteroatoms. The van der Waals surface area contributed by atoms with E-state index >= 15 is 0 Å². The fraction of sp³-hybridized carbons (Fsp3) is 0. The Morgan fingerprint density at radius 1 is 0.167 bits per heavy atom. The fourth-order valence-corrected chi connectivity index (χ4v) is 22.6. The number of thiophene rings is 4. The third kappa shape index (κ3) is 11.7. The minimum atomic E-state index is 0.650. The van der Waals surface area contributed by atoms with Gasteiger partial charge in [-0.1, -0.05) is 285 Å². The molecule has 120 heavy (non-hydrogen) atoms. The standard InChI is InChI=1S/C57H34N4S2.C51H30N4S2/c1-4-15-35(16-5-1)55-58-56(36-17-6-2-7-18-36)60-57(59-55)47-33-40(32-46-43-24-11-13-26-51(43)62-53(46)47)38-20-14-19-37(31-38)39-27-28-45-49(34-39)61(41-21-8-3-9-22-41)48-30-29-44-42-23-10-12-25-50(42)63-54(44)52(45)48;1-3-14-31(15-4-1)49-52-50(32-16-5-2-6-17-32)54-51(53-49)41-30-34(29-40-37-21-9-12-25-45(37)56-47(40)41)33-18-13-19-35(28-33)55-42-23-10-7-22-39(42)46-43(55)27-26-38-36-20-8-11-24-44(36)57-48(38)46/h1-34H;1-30H. The molecule has 0 amide bonds. The smallest absolute Gasteiger partial charge is 0.165 e. The summed E-state index contributed by atoms with van der Waals surface area (Å²) in [5, 5.41) is 15.2. The largest absolute Gasteiger partial charge is 0.309 e. The molecule has 0 aliphatic rings. The summed E-state index contributed by atoms with van der Waals surface area (Å²) in [6.07, 6.45) is 0. The Bertz CT molecular complexity index is 8300. The molecule has 0 atom stereocenters. The van der Waals surface area contributed by atoms with E-state index in [2.05, 4.69) is 325 Å². The van der Waals surface area contributed by atoms with Gasteiger partial charge < -0.3 is 9.13 Å². The quantitative estimate of drug-likeness (QED) is 0.128. The fourth-order valence-electron chi connectivity index (χ4n) is 17.7. The third-order valence-corrected chi connectivity index (χ3v) is 28.1. The Balaban J connectivity index is 0.000000137. The predicted molar refractivity (Wildman–Crippen MR) is 509 cm³/mol. The van der Waals surface area contributed by atoms with E-state index in [-0.39, 0.29) is 0 Å². The monoisotopic (exact) mass is 1600 g/mol. The van der Waals surface area contributed by atoms with Crippen molar-refractivity contribution in [1.82, 2.24) is 39.0 Å². The SMILES string of the molecule is c1ccc(-c2nc(-c3ccccc3)nc(-c3cc(-c4cccc(-c5ccc6c7c8sc9ccccc9c8ccc7n(-c7ccccc7)c6c5)c4)cc4c3sc3ccccc34)n2)cc1.c1ccc(-c2nc(-c3ccccc3)nc(-c3cc(-c4cccc(-n5c6ccccc6c6c7sc8ccccc8c7ccc65)c4)cc4c3sc3ccccc34)n2)cc1. The first-order valence-corrected chi connectivity index (χ1v) is 43.4. The molecule has 0 fully saturated rings. The zero-order valence-corrected chi connectivity index (χ0v) is 67.4. The summed E-state index contributed by atoms with van der Waals surface area (Å²) in [5.74, 6) is 3.92. The van der Waals surface area contributed by atoms with Crippen molar-refractivity contribution in [2.75, 3.05) is 0 Å². The van der Waals surface area contributed by atoms with E-state index in [0.717, 1.165) is 87.5 Å². The average molecular weight is 1600 g/mol. The molecule has 8 heterocycles. The molecule has 0 bridgehead atoms. The summed E-state index contributed by atoms with van der Waals surface area (Å²) in [4.78, 5) is 30.8. The number of hydrogen-bond donors (Lipinski definition) is 0. The molecule has 0 saturated carbocycles. The summed E-state index contributed by atoms with van der Waals surface area (Å²) in [7, 11) is 0.